The number of hydrogen-bond donors (Lipinski definition) is 2. The van der Waals surface area contributed by atoms with Crippen molar-refractivity contribution in [3.63, 3.8) is 0 Å². The van der Waals surface area contributed by atoms with Crippen molar-refractivity contribution in [3.8, 4) is 5.75 Å². The van der Waals surface area contributed by atoms with E-state index in [4.69, 9.17) is 26.2 Å². The Morgan fingerprint density at radius 1 is 1.11 bits per heavy atom. The van der Waals surface area contributed by atoms with Crippen molar-refractivity contribution in [2.75, 3.05) is 0 Å². The van der Waals surface area contributed by atoms with Gasteiger partial charge in [0.2, 0.25) is 0 Å². The van der Waals surface area contributed by atoms with Crippen molar-refractivity contribution < 1.29 is 41.4 Å². The van der Waals surface area contributed by atoms with E-state index in [9.17, 15) is 26.7 Å². The van der Waals surface area contributed by atoms with E-state index in [1.54, 1.807) is 18.2 Å². The highest BCUT2D eigenvalue weighted by molar-refractivity contribution is 6.30. The molecule has 0 radical (unpaired) electrons. The zero-order valence-electron chi connectivity index (χ0n) is 13.2. The summed E-state index contributed by atoms with van der Waals surface area (Å²) < 4.78 is 63.0. The lowest BCUT2D eigenvalue weighted by atomic mass is 10.2. The average molecular weight is 412 g/mol. The van der Waals surface area contributed by atoms with Crippen molar-refractivity contribution in [2.45, 2.75) is 12.7 Å². The first-order valence-corrected chi connectivity index (χ1v) is 7.32. The third kappa shape index (κ3) is 7.90. The van der Waals surface area contributed by atoms with E-state index >= 15 is 0 Å². The zero-order valence-corrected chi connectivity index (χ0v) is 13.9. The smallest absolute Gasteiger partial charge is 0.475 e. The van der Waals surface area contributed by atoms with E-state index in [0.29, 0.717) is 5.02 Å². The third-order valence-electron chi connectivity index (χ3n) is 2.70. The lowest BCUT2D eigenvalue weighted by Crippen LogP contribution is -2.26. The number of carboxylic acid groups (broad SMARTS) is 1. The average Bonchev–Trinajstić information content (AvgIpc) is 2.56. The Hall–Kier alpha value is -2.88. The van der Waals surface area contributed by atoms with Crippen LogP contribution in [-0.4, -0.2) is 23.3 Å². The molecule has 2 N–H and O–H groups in total. The van der Waals surface area contributed by atoms with Crippen LogP contribution in [0.5, 0.6) is 5.75 Å². The summed E-state index contributed by atoms with van der Waals surface area (Å²) in [5, 5.41) is 9.87. The van der Waals surface area contributed by atoms with E-state index in [-0.39, 0.29) is 17.9 Å². The number of amides is 1. The number of benzene rings is 2. The molecular weight excluding hydrogens is 401 g/mol. The summed E-state index contributed by atoms with van der Waals surface area (Å²) in [4.78, 5) is 20.4. The number of alkyl halides is 3. The summed E-state index contributed by atoms with van der Waals surface area (Å²) >= 11 is 5.74. The van der Waals surface area contributed by atoms with Gasteiger partial charge < -0.3 is 15.2 Å². The molecule has 0 saturated heterocycles. The molecule has 2 aromatic carbocycles. The van der Waals surface area contributed by atoms with Crippen molar-refractivity contribution in [3.05, 3.63) is 64.7 Å². The first-order valence-electron chi connectivity index (χ1n) is 6.95. The van der Waals surface area contributed by atoms with Crippen LogP contribution in [0, 0.1) is 11.6 Å². The molecule has 0 aliphatic heterocycles. The number of ether oxygens (including phenoxy) is 1. The van der Waals surface area contributed by atoms with Gasteiger partial charge in [-0.15, -0.1) is 0 Å². The van der Waals surface area contributed by atoms with Crippen LogP contribution in [0.2, 0.25) is 5.02 Å². The molecule has 0 saturated carbocycles. The zero-order chi connectivity index (χ0) is 20.6. The van der Waals surface area contributed by atoms with Crippen LogP contribution in [0.4, 0.5) is 26.7 Å². The molecule has 0 spiro atoms. The van der Waals surface area contributed by atoms with Crippen LogP contribution in [0.15, 0.2) is 42.5 Å². The maximum Gasteiger partial charge on any atom is 0.490 e. The molecule has 2 rings (SSSR count). The summed E-state index contributed by atoms with van der Waals surface area (Å²) in [5.74, 6) is -4.45. The molecule has 5 nitrogen and oxygen atoms in total. The number of carbonyl (C=O) groups is 2. The van der Waals surface area contributed by atoms with Gasteiger partial charge in [-0.3, -0.25) is 0 Å². The van der Waals surface area contributed by atoms with Gasteiger partial charge in [-0.25, -0.2) is 18.4 Å². The third-order valence-corrected chi connectivity index (χ3v) is 2.94. The number of nitrogens with one attached hydrogen (secondary N) is 1. The monoisotopic (exact) mass is 411 g/mol. The Bertz CT molecular complexity index is 814. The Morgan fingerprint density at radius 2 is 1.70 bits per heavy atom. The number of hydrogen-bond acceptors (Lipinski definition) is 3. The van der Waals surface area contributed by atoms with Gasteiger partial charge in [-0.2, -0.15) is 13.2 Å². The molecule has 146 valence electrons. The van der Waals surface area contributed by atoms with Crippen LogP contribution >= 0.6 is 11.6 Å². The Balaban J connectivity index is 0.000000445. The van der Waals surface area contributed by atoms with Crippen LogP contribution in [0.3, 0.4) is 0 Å². The van der Waals surface area contributed by atoms with Crippen LogP contribution in [-0.2, 0) is 11.3 Å². The first kappa shape index (κ1) is 22.2. The van der Waals surface area contributed by atoms with Gasteiger partial charge in [0.05, 0.1) is 0 Å². The fourth-order valence-corrected chi connectivity index (χ4v) is 1.71. The molecule has 0 atom stereocenters. The number of rotatable bonds is 3. The van der Waals surface area contributed by atoms with Crippen molar-refractivity contribution in [2.24, 2.45) is 0 Å². The maximum atomic E-state index is 13.3. The van der Waals surface area contributed by atoms with Crippen molar-refractivity contribution in [1.29, 1.82) is 0 Å². The number of halogens is 6. The molecule has 2 aromatic rings. The van der Waals surface area contributed by atoms with Crippen LogP contribution in [0.25, 0.3) is 0 Å². The molecule has 0 aliphatic rings. The van der Waals surface area contributed by atoms with Gasteiger partial charge in [0.25, 0.3) is 0 Å². The fraction of sp³-hybridized carbons (Fsp3) is 0.125. The van der Waals surface area contributed by atoms with Gasteiger partial charge in [-0.05, 0) is 24.3 Å². The van der Waals surface area contributed by atoms with Crippen molar-refractivity contribution in [1.82, 2.24) is 5.32 Å². The Morgan fingerprint density at radius 3 is 2.26 bits per heavy atom. The largest absolute Gasteiger partial charge is 0.490 e. The second-order valence-corrected chi connectivity index (χ2v) is 5.15. The van der Waals surface area contributed by atoms with Gasteiger partial charge in [0, 0.05) is 17.1 Å². The quantitative estimate of drug-likeness (QED) is 0.727. The molecule has 27 heavy (non-hydrogen) atoms. The SMILES string of the molecule is O=C(NCc1cccc(F)c1F)Oc1cccc(Cl)c1.O=C(O)C(F)(F)F. The van der Waals surface area contributed by atoms with Crippen LogP contribution in [0.1, 0.15) is 5.56 Å². The summed E-state index contributed by atoms with van der Waals surface area (Å²) in [6, 6.07) is 10.0. The predicted octanol–water partition coefficient (Wildman–Crippen LogP) is 4.54. The highest BCUT2D eigenvalue weighted by Crippen LogP contribution is 2.17. The lowest BCUT2D eigenvalue weighted by Gasteiger charge is -2.07. The van der Waals surface area contributed by atoms with Gasteiger partial charge in [0.1, 0.15) is 5.75 Å². The highest BCUT2D eigenvalue weighted by atomic mass is 35.5. The molecule has 1 amide bonds. The highest BCUT2D eigenvalue weighted by Gasteiger charge is 2.38. The van der Waals surface area contributed by atoms with E-state index < -0.39 is 29.9 Å². The van der Waals surface area contributed by atoms with Gasteiger partial charge in [0.15, 0.2) is 11.6 Å². The summed E-state index contributed by atoms with van der Waals surface area (Å²) in [6.07, 6.45) is -5.86. The molecule has 0 aliphatic carbocycles. The second kappa shape index (κ2) is 9.72. The first-order chi connectivity index (χ1) is 12.5. The predicted molar refractivity (Wildman–Crippen MR) is 84.4 cm³/mol. The van der Waals surface area contributed by atoms with E-state index in [0.717, 1.165) is 6.07 Å². The number of aliphatic carboxylic acids is 1. The van der Waals surface area contributed by atoms with E-state index in [2.05, 4.69) is 5.32 Å². The molecule has 0 bridgehead atoms. The van der Waals surface area contributed by atoms with Crippen LogP contribution < -0.4 is 10.1 Å². The van der Waals surface area contributed by atoms with E-state index in [1.807, 2.05) is 0 Å². The normalized spacial score (nSPS) is 10.4. The molecule has 0 unspecified atom stereocenters. The minimum Gasteiger partial charge on any atom is -0.475 e. The Kier molecular flexibility index (Phi) is 7.98. The number of carboxylic acids is 1. The minimum atomic E-state index is -5.08. The van der Waals surface area contributed by atoms with Crippen molar-refractivity contribution >= 4 is 23.7 Å². The lowest BCUT2D eigenvalue weighted by molar-refractivity contribution is -0.192. The Labute approximate surface area is 154 Å². The topological polar surface area (TPSA) is 75.6 Å². The summed E-state index contributed by atoms with van der Waals surface area (Å²) in [7, 11) is 0. The standard InChI is InChI=1S/C14H10ClF2NO2.C2HF3O2/c15-10-4-2-5-11(7-10)20-14(19)18-8-9-3-1-6-12(16)13(9)17;3-2(4,5)1(6)7/h1-7H,8H2,(H,18,19);(H,6,7). The van der Waals surface area contributed by atoms with Gasteiger partial charge >= 0.3 is 18.2 Å². The molecule has 11 heteroatoms. The molecule has 0 heterocycles. The summed E-state index contributed by atoms with van der Waals surface area (Å²) in [5.41, 5.74) is 0.0352. The molecule has 0 fully saturated rings. The number of carbonyl (C=O) groups excluding carboxylic acids is 1. The van der Waals surface area contributed by atoms with E-state index in [1.165, 1.54) is 18.2 Å². The fourth-order valence-electron chi connectivity index (χ4n) is 1.53. The molecular formula is C16H11ClF5NO4. The maximum absolute atomic E-state index is 13.3. The second-order valence-electron chi connectivity index (χ2n) is 4.72. The minimum absolute atomic E-state index is 0.0352. The summed E-state index contributed by atoms with van der Waals surface area (Å²) in [6.45, 7) is -0.178. The van der Waals surface area contributed by atoms with Gasteiger partial charge in [-0.1, -0.05) is 29.8 Å². The molecule has 0 aromatic heterocycles.